The lowest BCUT2D eigenvalue weighted by atomic mass is 10.0. The fraction of sp³-hybridized carbons (Fsp3) is 0.0909. The molecule has 5 aromatic rings. The van der Waals surface area contributed by atoms with Gasteiger partial charge in [0.15, 0.2) is 5.82 Å². The van der Waals surface area contributed by atoms with Crippen molar-refractivity contribution < 1.29 is 0 Å². The molecule has 0 atom stereocenters. The van der Waals surface area contributed by atoms with E-state index in [1.54, 1.807) is 10.9 Å². The molecular weight excluding hydrogens is 430 g/mol. The van der Waals surface area contributed by atoms with Crippen LogP contribution in [0.15, 0.2) is 71.1 Å². The number of fused-ring (bicyclic) bond motifs is 1. The maximum atomic E-state index is 6.56. The minimum absolute atomic E-state index is 0.354. The molecule has 0 saturated heterocycles. The van der Waals surface area contributed by atoms with Gasteiger partial charge in [0.25, 0.3) is 0 Å². The van der Waals surface area contributed by atoms with Crippen LogP contribution in [0.2, 0.25) is 5.02 Å². The normalized spacial score (nSPS) is 11.3. The molecule has 0 spiro atoms. The number of anilines is 1. The number of benzene rings is 1. The second-order valence-corrected chi connectivity index (χ2v) is 8.60. The van der Waals surface area contributed by atoms with Gasteiger partial charge in [-0.05, 0) is 30.3 Å². The Labute approximate surface area is 187 Å². The summed E-state index contributed by atoms with van der Waals surface area (Å²) in [4.78, 5) is 15.0. The van der Waals surface area contributed by atoms with Gasteiger partial charge < -0.3 is 10.3 Å². The summed E-state index contributed by atoms with van der Waals surface area (Å²) in [5, 5.41) is 6.62. The molecule has 4 aromatic heterocycles. The monoisotopic (exact) mass is 447 g/mol. The Morgan fingerprint density at radius 2 is 1.90 bits per heavy atom. The number of pyridine rings is 1. The Balaban J connectivity index is 1.72. The zero-order chi connectivity index (χ0) is 21.5. The molecule has 7 nitrogen and oxygen atoms in total. The van der Waals surface area contributed by atoms with Crippen molar-refractivity contribution in [1.29, 1.82) is 0 Å². The highest BCUT2D eigenvalue weighted by Gasteiger charge is 2.19. The maximum absolute atomic E-state index is 6.56. The second-order valence-electron chi connectivity index (χ2n) is 7.13. The highest BCUT2D eigenvalue weighted by molar-refractivity contribution is 7.99. The summed E-state index contributed by atoms with van der Waals surface area (Å²) in [7, 11) is 3.83. The molecule has 31 heavy (non-hydrogen) atoms. The fourth-order valence-corrected chi connectivity index (χ4v) is 4.50. The quantitative estimate of drug-likeness (QED) is 0.425. The number of aryl methyl sites for hydroxylation is 2. The van der Waals surface area contributed by atoms with Gasteiger partial charge in [-0.25, -0.2) is 9.97 Å². The molecule has 9 heteroatoms. The summed E-state index contributed by atoms with van der Waals surface area (Å²) < 4.78 is 3.70. The van der Waals surface area contributed by atoms with Gasteiger partial charge in [-0.15, -0.1) is 0 Å². The number of hydrogen-bond donors (Lipinski definition) is 1. The number of halogens is 1. The topological polar surface area (TPSA) is 87.4 Å². The SMILES string of the molecule is Cn1ccc(Sc2nc(-c3cc(Cl)c4ncccc4c3)c(-c3ccn(C)n3)nc2N)c1. The van der Waals surface area contributed by atoms with Gasteiger partial charge >= 0.3 is 0 Å². The van der Waals surface area contributed by atoms with Crippen LogP contribution in [0.3, 0.4) is 0 Å². The third kappa shape index (κ3) is 3.75. The summed E-state index contributed by atoms with van der Waals surface area (Å²) in [5.74, 6) is 0.354. The highest BCUT2D eigenvalue weighted by Crippen LogP contribution is 2.38. The first kappa shape index (κ1) is 19.6. The Kier molecular flexibility index (Phi) is 4.88. The summed E-state index contributed by atoms with van der Waals surface area (Å²) in [6.45, 7) is 0. The molecule has 154 valence electrons. The number of aromatic nitrogens is 6. The van der Waals surface area contributed by atoms with Crippen LogP contribution >= 0.6 is 23.4 Å². The van der Waals surface area contributed by atoms with E-state index in [0.29, 0.717) is 32.9 Å². The van der Waals surface area contributed by atoms with Crippen LogP contribution in [0, 0.1) is 0 Å². The van der Waals surface area contributed by atoms with E-state index >= 15 is 0 Å². The minimum Gasteiger partial charge on any atom is -0.381 e. The Morgan fingerprint density at radius 3 is 2.65 bits per heavy atom. The van der Waals surface area contributed by atoms with Crippen LogP contribution in [0.5, 0.6) is 0 Å². The highest BCUT2D eigenvalue weighted by atomic mass is 35.5. The zero-order valence-corrected chi connectivity index (χ0v) is 18.4. The standard InChI is InChI=1S/C22H18ClN7S/c1-29-8-5-15(12-29)31-22-21(24)26-20(17-6-9-30(2)28-17)19(27-22)14-10-13-4-3-7-25-18(13)16(23)11-14/h3-12H,1-2H3,(H2,24,26). The first-order chi connectivity index (χ1) is 15.0. The van der Waals surface area contributed by atoms with Crippen LogP contribution in [0.4, 0.5) is 5.82 Å². The minimum atomic E-state index is 0.354. The van der Waals surface area contributed by atoms with Crippen LogP contribution in [-0.4, -0.2) is 29.3 Å². The lowest BCUT2D eigenvalue weighted by Crippen LogP contribution is -2.03. The molecule has 2 N–H and O–H groups in total. The number of nitrogen functional groups attached to an aromatic ring is 1. The van der Waals surface area contributed by atoms with Gasteiger partial charge in [-0.2, -0.15) is 5.10 Å². The van der Waals surface area contributed by atoms with Gasteiger partial charge in [0, 0.05) is 54.7 Å². The summed E-state index contributed by atoms with van der Waals surface area (Å²) in [6.07, 6.45) is 7.58. The van der Waals surface area contributed by atoms with Crippen molar-refractivity contribution in [3.63, 3.8) is 0 Å². The lowest BCUT2D eigenvalue weighted by molar-refractivity contribution is 0.769. The predicted octanol–water partition coefficient (Wildman–Crippen LogP) is 4.82. The molecule has 0 unspecified atom stereocenters. The van der Waals surface area contributed by atoms with Crippen molar-refractivity contribution in [2.75, 3.05) is 5.73 Å². The molecule has 0 aliphatic rings. The molecule has 5 rings (SSSR count). The largest absolute Gasteiger partial charge is 0.381 e. The van der Waals surface area contributed by atoms with E-state index < -0.39 is 0 Å². The molecule has 0 saturated carbocycles. The van der Waals surface area contributed by atoms with Gasteiger partial charge in [0.1, 0.15) is 16.4 Å². The van der Waals surface area contributed by atoms with Gasteiger partial charge in [-0.1, -0.05) is 29.4 Å². The number of nitrogens with two attached hydrogens (primary N) is 1. The van der Waals surface area contributed by atoms with Crippen molar-refractivity contribution >= 4 is 40.1 Å². The molecule has 0 bridgehead atoms. The van der Waals surface area contributed by atoms with E-state index in [2.05, 4.69) is 10.1 Å². The smallest absolute Gasteiger partial charge is 0.157 e. The predicted molar refractivity (Wildman–Crippen MR) is 124 cm³/mol. The number of rotatable bonds is 4. The van der Waals surface area contributed by atoms with E-state index in [0.717, 1.165) is 21.4 Å². The molecule has 0 aliphatic heterocycles. The lowest BCUT2D eigenvalue weighted by Gasteiger charge is -2.12. The zero-order valence-electron chi connectivity index (χ0n) is 16.8. The van der Waals surface area contributed by atoms with Crippen molar-refractivity contribution in [2.45, 2.75) is 9.92 Å². The third-order valence-corrected chi connectivity index (χ3v) is 6.06. The summed E-state index contributed by atoms with van der Waals surface area (Å²) >= 11 is 8.03. The first-order valence-corrected chi connectivity index (χ1v) is 10.7. The third-order valence-electron chi connectivity index (χ3n) is 4.80. The van der Waals surface area contributed by atoms with Crippen LogP contribution in [0.25, 0.3) is 33.5 Å². The van der Waals surface area contributed by atoms with E-state index in [-0.39, 0.29) is 0 Å². The Morgan fingerprint density at radius 1 is 1.03 bits per heavy atom. The van der Waals surface area contributed by atoms with E-state index in [9.17, 15) is 0 Å². The van der Waals surface area contributed by atoms with Gasteiger partial charge in [-0.3, -0.25) is 9.67 Å². The van der Waals surface area contributed by atoms with Crippen molar-refractivity contribution in [1.82, 2.24) is 29.3 Å². The Hall–Kier alpha value is -3.36. The van der Waals surface area contributed by atoms with Crippen LogP contribution in [-0.2, 0) is 14.1 Å². The fourth-order valence-electron chi connectivity index (χ4n) is 3.36. The molecule has 0 radical (unpaired) electrons. The van der Waals surface area contributed by atoms with E-state index in [1.807, 2.05) is 73.7 Å². The van der Waals surface area contributed by atoms with Crippen molar-refractivity contribution in [3.8, 4) is 22.6 Å². The van der Waals surface area contributed by atoms with Crippen LogP contribution < -0.4 is 5.73 Å². The van der Waals surface area contributed by atoms with Crippen molar-refractivity contribution in [3.05, 3.63) is 66.2 Å². The maximum Gasteiger partial charge on any atom is 0.157 e. The second kappa shape index (κ2) is 7.72. The molecule has 0 aliphatic carbocycles. The summed E-state index contributed by atoms with van der Waals surface area (Å²) in [6, 6.07) is 11.6. The number of nitrogens with zero attached hydrogens (tertiary/aromatic N) is 6. The molecule has 4 heterocycles. The van der Waals surface area contributed by atoms with E-state index in [4.69, 9.17) is 27.3 Å². The summed E-state index contributed by atoms with van der Waals surface area (Å²) in [5.41, 5.74) is 9.85. The van der Waals surface area contributed by atoms with E-state index in [1.165, 1.54) is 11.8 Å². The van der Waals surface area contributed by atoms with Gasteiger partial charge in [0.05, 0.1) is 16.2 Å². The van der Waals surface area contributed by atoms with Crippen molar-refractivity contribution in [2.24, 2.45) is 14.1 Å². The molecule has 0 amide bonds. The Bertz CT molecular complexity index is 1420. The average Bonchev–Trinajstić information content (AvgIpc) is 3.37. The molecule has 0 fully saturated rings. The molecular formula is C22H18ClN7S. The first-order valence-electron chi connectivity index (χ1n) is 9.50. The molecule has 1 aromatic carbocycles. The average molecular weight is 448 g/mol. The van der Waals surface area contributed by atoms with Gasteiger partial charge in [0.2, 0.25) is 0 Å². The van der Waals surface area contributed by atoms with Crippen LogP contribution in [0.1, 0.15) is 0 Å². The number of hydrogen-bond acceptors (Lipinski definition) is 6.